The molecule has 0 aliphatic heterocycles. The second-order valence-electron chi connectivity index (χ2n) is 3.85. The van der Waals surface area contributed by atoms with E-state index in [1.807, 2.05) is 0 Å². The topological polar surface area (TPSA) is 65.3 Å². The van der Waals surface area contributed by atoms with E-state index in [-0.39, 0.29) is 12.2 Å². The molecule has 0 radical (unpaired) electrons. The minimum absolute atomic E-state index is 0.185. The summed E-state index contributed by atoms with van der Waals surface area (Å²) < 4.78 is 7.97. The van der Waals surface area contributed by atoms with E-state index >= 15 is 0 Å². The lowest BCUT2D eigenvalue weighted by molar-refractivity contribution is 0.442. The lowest BCUT2D eigenvalue weighted by Gasteiger charge is -1.92. The van der Waals surface area contributed by atoms with Crippen LogP contribution in [0.4, 0.5) is 0 Å². The highest BCUT2D eigenvalue weighted by molar-refractivity contribution is 6.33. The number of aromatic nitrogens is 4. The molecule has 0 amide bonds. The van der Waals surface area contributed by atoms with Crippen molar-refractivity contribution in [3.05, 3.63) is 51.7 Å². The number of rotatable bonds is 2. The molecule has 0 aliphatic carbocycles. The number of pyridine rings is 1. The maximum absolute atomic E-state index is 12.0. The third-order valence-corrected chi connectivity index (χ3v) is 2.81. The number of hydrogen-bond donors (Lipinski definition) is 0. The van der Waals surface area contributed by atoms with E-state index in [0.717, 1.165) is 0 Å². The average Bonchev–Trinajstić information content (AvgIpc) is 2.88. The fraction of sp³-hybridized carbons (Fsp3) is 0.182. The first kappa shape index (κ1) is 11.0. The predicted octanol–water partition coefficient (Wildman–Crippen LogP) is 1.49. The van der Waals surface area contributed by atoms with Gasteiger partial charge in [0.15, 0.2) is 5.65 Å². The fourth-order valence-electron chi connectivity index (χ4n) is 1.71. The van der Waals surface area contributed by atoms with E-state index in [2.05, 4.69) is 10.1 Å². The van der Waals surface area contributed by atoms with Gasteiger partial charge < -0.3 is 4.42 Å². The molecule has 7 heteroatoms. The van der Waals surface area contributed by atoms with Gasteiger partial charge in [0.05, 0.1) is 11.2 Å². The summed E-state index contributed by atoms with van der Waals surface area (Å²) in [7, 11) is 0. The first-order chi connectivity index (χ1) is 8.65. The maximum Gasteiger partial charge on any atom is 0.350 e. The van der Waals surface area contributed by atoms with Gasteiger partial charge in [-0.2, -0.15) is 0 Å². The zero-order valence-electron chi connectivity index (χ0n) is 9.50. The lowest BCUT2D eigenvalue weighted by Crippen LogP contribution is -2.21. The summed E-state index contributed by atoms with van der Waals surface area (Å²) in [6.45, 7) is 1.98. The van der Waals surface area contributed by atoms with Gasteiger partial charge in [0.1, 0.15) is 12.3 Å². The molecule has 3 aromatic rings. The molecule has 0 spiro atoms. The van der Waals surface area contributed by atoms with Crippen LogP contribution < -0.4 is 5.69 Å². The second kappa shape index (κ2) is 3.99. The summed E-state index contributed by atoms with van der Waals surface area (Å²) in [5.74, 6) is 1.13. The van der Waals surface area contributed by atoms with Gasteiger partial charge in [-0.15, -0.1) is 5.10 Å². The van der Waals surface area contributed by atoms with Gasteiger partial charge in [-0.1, -0.05) is 11.6 Å². The molecule has 0 saturated carbocycles. The van der Waals surface area contributed by atoms with Crippen molar-refractivity contribution in [1.29, 1.82) is 0 Å². The van der Waals surface area contributed by atoms with Crippen LogP contribution in [0.3, 0.4) is 0 Å². The SMILES string of the molecule is Cc1cnc(Cn2nc3c(Cl)cccn3c2=O)o1. The Bertz CT molecular complexity index is 771. The Morgan fingerprint density at radius 2 is 2.33 bits per heavy atom. The van der Waals surface area contributed by atoms with Gasteiger partial charge in [0, 0.05) is 6.20 Å². The molecule has 0 N–H and O–H groups in total. The van der Waals surface area contributed by atoms with Crippen molar-refractivity contribution in [2.24, 2.45) is 0 Å². The van der Waals surface area contributed by atoms with Crippen molar-refractivity contribution >= 4 is 17.2 Å². The van der Waals surface area contributed by atoms with Crippen molar-refractivity contribution in [3.8, 4) is 0 Å². The highest BCUT2D eigenvalue weighted by Gasteiger charge is 2.11. The minimum Gasteiger partial charge on any atom is -0.444 e. The molecule has 3 aromatic heterocycles. The van der Waals surface area contributed by atoms with E-state index in [4.69, 9.17) is 16.0 Å². The summed E-state index contributed by atoms with van der Waals surface area (Å²) in [6, 6.07) is 3.38. The molecule has 6 nitrogen and oxygen atoms in total. The van der Waals surface area contributed by atoms with Crippen LogP contribution in [0.15, 0.2) is 33.7 Å². The van der Waals surface area contributed by atoms with Gasteiger partial charge in [0.2, 0.25) is 5.89 Å². The van der Waals surface area contributed by atoms with Gasteiger partial charge in [-0.25, -0.2) is 18.9 Å². The molecule has 18 heavy (non-hydrogen) atoms. The summed E-state index contributed by atoms with van der Waals surface area (Å²) in [5.41, 5.74) is 0.149. The van der Waals surface area contributed by atoms with Gasteiger partial charge in [0.25, 0.3) is 0 Å². The quantitative estimate of drug-likeness (QED) is 0.703. The molecule has 3 heterocycles. The van der Waals surface area contributed by atoms with Crippen LogP contribution in [-0.2, 0) is 6.54 Å². The van der Waals surface area contributed by atoms with E-state index in [9.17, 15) is 4.79 Å². The van der Waals surface area contributed by atoms with Crippen LogP contribution >= 0.6 is 11.6 Å². The van der Waals surface area contributed by atoms with Crippen molar-refractivity contribution in [1.82, 2.24) is 19.2 Å². The van der Waals surface area contributed by atoms with Crippen LogP contribution in [0.5, 0.6) is 0 Å². The molecule has 0 aromatic carbocycles. The normalized spacial score (nSPS) is 11.2. The average molecular weight is 265 g/mol. The van der Waals surface area contributed by atoms with E-state index in [1.165, 1.54) is 9.08 Å². The molecule has 0 aliphatic rings. The Morgan fingerprint density at radius 1 is 1.50 bits per heavy atom. The fourth-order valence-corrected chi connectivity index (χ4v) is 1.91. The van der Waals surface area contributed by atoms with Crippen LogP contribution in [-0.4, -0.2) is 19.2 Å². The molecular weight excluding hydrogens is 256 g/mol. The van der Waals surface area contributed by atoms with Gasteiger partial charge in [-0.05, 0) is 19.1 Å². The summed E-state index contributed by atoms with van der Waals surface area (Å²) in [6.07, 6.45) is 3.22. The first-order valence-electron chi connectivity index (χ1n) is 5.30. The van der Waals surface area contributed by atoms with E-state index < -0.39 is 0 Å². The molecule has 92 valence electrons. The Balaban J connectivity index is 2.10. The Morgan fingerprint density at radius 3 is 3.00 bits per heavy atom. The molecule has 0 bridgehead atoms. The maximum atomic E-state index is 12.0. The molecule has 0 saturated heterocycles. The number of aryl methyl sites for hydroxylation is 1. The predicted molar refractivity (Wildman–Crippen MR) is 64.8 cm³/mol. The van der Waals surface area contributed by atoms with Crippen molar-refractivity contribution in [2.45, 2.75) is 13.5 Å². The zero-order valence-corrected chi connectivity index (χ0v) is 10.3. The molecule has 3 rings (SSSR count). The van der Waals surface area contributed by atoms with Crippen LogP contribution in [0.25, 0.3) is 5.65 Å². The standard InChI is InChI=1S/C11H9ClN4O2/c1-7-5-13-9(18-7)6-16-11(17)15-4-2-3-8(12)10(15)14-16/h2-5H,6H2,1H3. The van der Waals surface area contributed by atoms with Gasteiger partial charge in [-0.3, -0.25) is 0 Å². The molecule has 0 unspecified atom stereocenters. The molecular formula is C11H9ClN4O2. The monoisotopic (exact) mass is 264 g/mol. The third kappa shape index (κ3) is 1.70. The highest BCUT2D eigenvalue weighted by Crippen LogP contribution is 2.12. The summed E-state index contributed by atoms with van der Waals surface area (Å²) in [5, 5.41) is 4.58. The Labute approximate surface area is 106 Å². The third-order valence-electron chi connectivity index (χ3n) is 2.52. The van der Waals surface area contributed by atoms with Crippen molar-refractivity contribution < 1.29 is 4.42 Å². The minimum atomic E-state index is -0.275. The number of nitrogens with zero attached hydrogens (tertiary/aromatic N) is 4. The zero-order chi connectivity index (χ0) is 12.7. The smallest absolute Gasteiger partial charge is 0.350 e. The molecule has 0 atom stereocenters. The number of oxazole rings is 1. The number of fused-ring (bicyclic) bond motifs is 1. The molecule has 0 fully saturated rings. The highest BCUT2D eigenvalue weighted by atomic mass is 35.5. The second-order valence-corrected chi connectivity index (χ2v) is 4.26. The first-order valence-corrected chi connectivity index (χ1v) is 5.68. The van der Waals surface area contributed by atoms with Crippen molar-refractivity contribution in [3.63, 3.8) is 0 Å². The van der Waals surface area contributed by atoms with Crippen molar-refractivity contribution in [2.75, 3.05) is 0 Å². The van der Waals surface area contributed by atoms with Gasteiger partial charge >= 0.3 is 5.69 Å². The lowest BCUT2D eigenvalue weighted by atomic mass is 10.5. The largest absolute Gasteiger partial charge is 0.444 e. The Kier molecular flexibility index (Phi) is 2.45. The van der Waals surface area contributed by atoms with Crippen LogP contribution in [0, 0.1) is 6.92 Å². The Hall–Kier alpha value is -2.08. The number of halogens is 1. The van der Waals surface area contributed by atoms with Crippen LogP contribution in [0.2, 0.25) is 5.02 Å². The number of hydrogen-bond acceptors (Lipinski definition) is 4. The van der Waals surface area contributed by atoms with Crippen LogP contribution in [0.1, 0.15) is 11.7 Å². The summed E-state index contributed by atoms with van der Waals surface area (Å²) in [4.78, 5) is 16.1. The van der Waals surface area contributed by atoms with E-state index in [1.54, 1.807) is 31.5 Å². The summed E-state index contributed by atoms with van der Waals surface area (Å²) >= 11 is 5.97. The van der Waals surface area contributed by atoms with E-state index in [0.29, 0.717) is 22.3 Å².